The summed E-state index contributed by atoms with van der Waals surface area (Å²) in [5, 5.41) is 6.02. The third-order valence-corrected chi connectivity index (χ3v) is 2.56. The molecule has 0 spiro atoms. The lowest BCUT2D eigenvalue weighted by Gasteiger charge is -2.11. The Kier molecular flexibility index (Phi) is 3.74. The van der Waals surface area contributed by atoms with Crippen molar-refractivity contribution in [2.45, 2.75) is 6.92 Å². The Balaban J connectivity index is 2.33. The van der Waals surface area contributed by atoms with E-state index in [9.17, 15) is 4.79 Å². The van der Waals surface area contributed by atoms with E-state index in [1.165, 1.54) is 20.3 Å². The number of methoxy groups -OCH3 is 2. The summed E-state index contributed by atoms with van der Waals surface area (Å²) >= 11 is 0. The van der Waals surface area contributed by atoms with Crippen molar-refractivity contribution < 1.29 is 18.8 Å². The summed E-state index contributed by atoms with van der Waals surface area (Å²) in [5.74, 6) is 0.707. The van der Waals surface area contributed by atoms with Crippen molar-refractivity contribution >= 4 is 17.6 Å². The lowest BCUT2D eigenvalue weighted by atomic mass is 10.1. The van der Waals surface area contributed by atoms with E-state index in [2.05, 4.69) is 15.5 Å². The number of nitrogens with one attached hydrogen (secondary N) is 1. The van der Waals surface area contributed by atoms with Crippen LogP contribution in [0.4, 0.5) is 11.7 Å². The van der Waals surface area contributed by atoms with Crippen LogP contribution in [0.25, 0.3) is 0 Å². The summed E-state index contributed by atoms with van der Waals surface area (Å²) in [6, 6.07) is 3.08. The Morgan fingerprint density at radius 1 is 1.35 bits per heavy atom. The number of aryl methyl sites for hydroxylation is 1. The maximum Gasteiger partial charge on any atom is 0.328 e. The number of aromatic nitrogens is 2. The van der Waals surface area contributed by atoms with Gasteiger partial charge in [-0.2, -0.15) is 4.98 Å². The summed E-state index contributed by atoms with van der Waals surface area (Å²) < 4.78 is 15.0. The Labute approximate surface area is 114 Å². The number of benzene rings is 1. The number of rotatable bonds is 4. The molecule has 0 unspecified atom stereocenters. The maximum absolute atomic E-state index is 12.2. The monoisotopic (exact) mass is 278 g/mol. The number of hydrogen-bond acceptors (Lipinski definition) is 7. The number of ether oxygens (including phenoxy) is 2. The lowest BCUT2D eigenvalue weighted by Crippen LogP contribution is -2.15. The highest BCUT2D eigenvalue weighted by Crippen LogP contribution is 2.31. The number of carbonyl (C=O) groups excluding carboxylic acids is 1. The van der Waals surface area contributed by atoms with Crippen molar-refractivity contribution in [3.8, 4) is 11.5 Å². The van der Waals surface area contributed by atoms with Crippen LogP contribution in [0.5, 0.6) is 11.5 Å². The molecule has 1 aromatic heterocycles. The molecule has 0 saturated heterocycles. The first kappa shape index (κ1) is 13.7. The van der Waals surface area contributed by atoms with Crippen LogP contribution in [0.3, 0.4) is 0 Å². The second-order valence-corrected chi connectivity index (χ2v) is 3.89. The summed E-state index contributed by atoms with van der Waals surface area (Å²) in [4.78, 5) is 16.0. The van der Waals surface area contributed by atoms with Crippen LogP contribution in [0, 0.1) is 6.92 Å². The minimum atomic E-state index is -0.497. The van der Waals surface area contributed by atoms with E-state index in [1.807, 2.05) is 0 Å². The van der Waals surface area contributed by atoms with Crippen molar-refractivity contribution in [1.82, 2.24) is 10.1 Å². The van der Waals surface area contributed by atoms with Gasteiger partial charge in [0, 0.05) is 6.07 Å². The molecule has 0 aliphatic carbocycles. The number of hydrogen-bond donors (Lipinski definition) is 2. The molecule has 0 aliphatic rings. The van der Waals surface area contributed by atoms with Gasteiger partial charge in [-0.1, -0.05) is 5.16 Å². The quantitative estimate of drug-likeness (QED) is 0.808. The highest BCUT2D eigenvalue weighted by molar-refractivity contribution is 6.08. The van der Waals surface area contributed by atoms with Crippen molar-refractivity contribution in [1.29, 1.82) is 0 Å². The lowest BCUT2D eigenvalue weighted by molar-refractivity contribution is 0.102. The number of carbonyl (C=O) groups is 1. The first-order valence-electron chi connectivity index (χ1n) is 5.68. The number of nitrogen functional groups attached to an aromatic ring is 1. The normalized spacial score (nSPS) is 10.2. The summed E-state index contributed by atoms with van der Waals surface area (Å²) in [6.07, 6.45) is 0. The predicted octanol–water partition coefficient (Wildman–Crippen LogP) is 1.23. The van der Waals surface area contributed by atoms with Crippen LogP contribution in [-0.4, -0.2) is 30.3 Å². The van der Waals surface area contributed by atoms with Gasteiger partial charge in [-0.3, -0.25) is 10.1 Å². The molecule has 1 aromatic carbocycles. The molecule has 1 heterocycles. The smallest absolute Gasteiger partial charge is 0.328 e. The van der Waals surface area contributed by atoms with E-state index >= 15 is 0 Å². The van der Waals surface area contributed by atoms with Crippen molar-refractivity contribution in [3.63, 3.8) is 0 Å². The third kappa shape index (κ3) is 2.63. The Bertz CT molecular complexity index is 638. The highest BCUT2D eigenvalue weighted by Gasteiger charge is 2.18. The average Bonchev–Trinajstić information content (AvgIpc) is 2.84. The molecule has 0 fully saturated rings. The summed E-state index contributed by atoms with van der Waals surface area (Å²) in [7, 11) is 2.93. The molecule has 8 nitrogen and oxygen atoms in total. The zero-order valence-corrected chi connectivity index (χ0v) is 11.3. The van der Waals surface area contributed by atoms with Crippen LogP contribution < -0.4 is 20.5 Å². The van der Waals surface area contributed by atoms with E-state index in [1.54, 1.807) is 13.0 Å². The number of anilines is 2. The van der Waals surface area contributed by atoms with Gasteiger partial charge >= 0.3 is 6.01 Å². The fraction of sp³-hybridized carbons (Fsp3) is 0.250. The van der Waals surface area contributed by atoms with Crippen molar-refractivity contribution in [3.05, 3.63) is 23.5 Å². The van der Waals surface area contributed by atoms with Gasteiger partial charge < -0.3 is 19.7 Å². The SMILES string of the molecule is COc1cc(OC)c(N)c(C(=O)Nc2nc(C)no2)c1. The first-order chi connectivity index (χ1) is 9.55. The van der Waals surface area contributed by atoms with Crippen LogP contribution in [0.2, 0.25) is 0 Å². The second-order valence-electron chi connectivity index (χ2n) is 3.89. The average molecular weight is 278 g/mol. The zero-order valence-electron chi connectivity index (χ0n) is 11.3. The zero-order chi connectivity index (χ0) is 14.7. The van der Waals surface area contributed by atoms with Gasteiger partial charge in [0.25, 0.3) is 5.91 Å². The van der Waals surface area contributed by atoms with Crippen molar-refractivity contribution in [2.75, 3.05) is 25.3 Å². The van der Waals surface area contributed by atoms with Crippen LogP contribution >= 0.6 is 0 Å². The molecule has 3 N–H and O–H groups in total. The topological polar surface area (TPSA) is 112 Å². The second kappa shape index (κ2) is 5.47. The van der Waals surface area contributed by atoms with E-state index in [-0.39, 0.29) is 17.3 Å². The van der Waals surface area contributed by atoms with Crippen LogP contribution in [0.15, 0.2) is 16.7 Å². The molecular weight excluding hydrogens is 264 g/mol. The molecule has 8 heteroatoms. The molecule has 0 bridgehead atoms. The molecule has 0 radical (unpaired) electrons. The molecule has 0 atom stereocenters. The van der Waals surface area contributed by atoms with Gasteiger partial charge in [0.2, 0.25) is 0 Å². The Hall–Kier alpha value is -2.77. The summed E-state index contributed by atoms with van der Waals surface area (Å²) in [6.45, 7) is 1.64. The maximum atomic E-state index is 12.2. The van der Waals surface area contributed by atoms with Crippen LogP contribution in [0.1, 0.15) is 16.2 Å². The largest absolute Gasteiger partial charge is 0.497 e. The van der Waals surface area contributed by atoms with Crippen molar-refractivity contribution in [2.24, 2.45) is 0 Å². The van der Waals surface area contributed by atoms with Gasteiger partial charge in [-0.05, 0) is 13.0 Å². The third-order valence-electron chi connectivity index (χ3n) is 2.56. The fourth-order valence-corrected chi connectivity index (χ4v) is 1.59. The van der Waals surface area contributed by atoms with Gasteiger partial charge in [-0.25, -0.2) is 0 Å². The Morgan fingerprint density at radius 3 is 2.65 bits per heavy atom. The van der Waals surface area contributed by atoms with Gasteiger partial charge in [0.1, 0.15) is 11.5 Å². The number of amides is 1. The minimum Gasteiger partial charge on any atom is -0.497 e. The van der Waals surface area contributed by atoms with Gasteiger partial charge in [0.15, 0.2) is 5.82 Å². The molecule has 0 saturated carbocycles. The summed E-state index contributed by atoms with van der Waals surface area (Å²) in [5.41, 5.74) is 6.26. The first-order valence-corrected chi connectivity index (χ1v) is 5.68. The van der Waals surface area contributed by atoms with Gasteiger partial charge in [-0.15, -0.1) is 0 Å². The van der Waals surface area contributed by atoms with E-state index in [0.29, 0.717) is 17.3 Å². The standard InChI is InChI=1S/C12H14N4O4/c1-6-14-12(20-16-6)15-11(17)8-4-7(18-2)5-9(19-3)10(8)13/h4-5H,13H2,1-3H3,(H,14,15,16,17). The molecule has 0 aliphatic heterocycles. The number of nitrogens with zero attached hydrogens (tertiary/aromatic N) is 2. The van der Waals surface area contributed by atoms with E-state index in [0.717, 1.165) is 0 Å². The fourth-order valence-electron chi connectivity index (χ4n) is 1.59. The van der Waals surface area contributed by atoms with E-state index < -0.39 is 5.91 Å². The minimum absolute atomic E-state index is 0.00585. The molecule has 2 aromatic rings. The van der Waals surface area contributed by atoms with Gasteiger partial charge in [0.05, 0.1) is 25.5 Å². The molecule has 1 amide bonds. The van der Waals surface area contributed by atoms with Crippen LogP contribution in [-0.2, 0) is 0 Å². The van der Waals surface area contributed by atoms with E-state index in [4.69, 9.17) is 19.7 Å². The molecular formula is C12H14N4O4. The molecule has 106 valence electrons. The number of nitrogens with two attached hydrogens (primary N) is 1. The highest BCUT2D eigenvalue weighted by atomic mass is 16.5. The molecule has 2 rings (SSSR count). The Morgan fingerprint density at radius 2 is 2.10 bits per heavy atom. The predicted molar refractivity (Wildman–Crippen MR) is 70.9 cm³/mol. The molecule has 20 heavy (non-hydrogen) atoms.